The Kier molecular flexibility index (Phi) is 5.74. The van der Waals surface area contributed by atoms with Gasteiger partial charge in [-0.2, -0.15) is 0 Å². The molecule has 1 N–H and O–H groups in total. The van der Waals surface area contributed by atoms with E-state index in [4.69, 9.17) is 4.74 Å². The van der Waals surface area contributed by atoms with E-state index < -0.39 is 12.1 Å². The number of carbonyl (C=O) groups is 2. The highest BCUT2D eigenvalue weighted by Crippen LogP contribution is 2.30. The first-order chi connectivity index (χ1) is 12.1. The van der Waals surface area contributed by atoms with Gasteiger partial charge in [-0.15, -0.1) is 0 Å². The van der Waals surface area contributed by atoms with E-state index in [1.54, 1.807) is 4.90 Å². The minimum absolute atomic E-state index is 0.0193. The molecule has 2 fully saturated rings. The molecular weight excluding hydrogens is 316 g/mol. The van der Waals surface area contributed by atoms with E-state index in [-0.39, 0.29) is 17.7 Å². The van der Waals surface area contributed by atoms with Crippen LogP contribution < -0.4 is 5.32 Å². The maximum absolute atomic E-state index is 13.2. The summed E-state index contributed by atoms with van der Waals surface area (Å²) in [7, 11) is 0. The van der Waals surface area contributed by atoms with E-state index in [0.717, 1.165) is 18.4 Å². The molecule has 5 heteroatoms. The first-order valence-corrected chi connectivity index (χ1v) is 9.31. The zero-order valence-corrected chi connectivity index (χ0v) is 15.1. The van der Waals surface area contributed by atoms with Gasteiger partial charge in [0.2, 0.25) is 5.91 Å². The molecule has 1 aromatic carbocycles. The van der Waals surface area contributed by atoms with E-state index in [9.17, 15) is 9.59 Å². The summed E-state index contributed by atoms with van der Waals surface area (Å²) < 4.78 is 5.79. The van der Waals surface area contributed by atoms with Gasteiger partial charge in [-0.1, -0.05) is 44.2 Å². The molecule has 2 aliphatic rings. The monoisotopic (exact) mass is 344 g/mol. The average molecular weight is 344 g/mol. The molecule has 2 saturated heterocycles. The number of carbonyl (C=O) groups excluding carboxylic acids is 2. The summed E-state index contributed by atoms with van der Waals surface area (Å²) in [5.41, 5.74) is 1.06. The van der Waals surface area contributed by atoms with Crippen LogP contribution in [0.2, 0.25) is 0 Å². The van der Waals surface area contributed by atoms with Crippen LogP contribution in [0.4, 0.5) is 0 Å². The zero-order valence-electron chi connectivity index (χ0n) is 15.1. The van der Waals surface area contributed by atoms with E-state index in [0.29, 0.717) is 32.0 Å². The number of hydrogen-bond donors (Lipinski definition) is 1. The third-order valence-electron chi connectivity index (χ3n) is 5.35. The summed E-state index contributed by atoms with van der Waals surface area (Å²) in [5, 5.41) is 2.95. The first-order valence-electron chi connectivity index (χ1n) is 9.31. The van der Waals surface area contributed by atoms with Gasteiger partial charge in [0.25, 0.3) is 5.91 Å². The molecule has 0 aliphatic carbocycles. The molecule has 0 saturated carbocycles. The standard InChI is InChI=1S/C20H28N2O3/c1-14(2)16-9-12-25-18(16)20(24)22-11-6-10-21-19(23)17(22)13-15-7-4-3-5-8-15/h3-5,7-8,14,16-18H,6,9-13H2,1-2H3,(H,21,23)/t16-,17?,18-/m0/s1. The van der Waals surface area contributed by atoms with Crippen LogP contribution in [0.25, 0.3) is 0 Å². The van der Waals surface area contributed by atoms with Crippen LogP contribution in [-0.4, -0.2) is 48.6 Å². The van der Waals surface area contributed by atoms with Crippen molar-refractivity contribution in [1.82, 2.24) is 10.2 Å². The van der Waals surface area contributed by atoms with Crippen molar-refractivity contribution in [2.75, 3.05) is 19.7 Å². The minimum Gasteiger partial charge on any atom is -0.368 e. The predicted molar refractivity (Wildman–Crippen MR) is 96.0 cm³/mol. The SMILES string of the molecule is CC(C)[C@@H]1CCO[C@@H]1C(=O)N1CCCNC(=O)C1Cc1ccccc1. The number of nitrogens with one attached hydrogen (secondary N) is 1. The number of nitrogens with zero attached hydrogens (tertiary/aromatic N) is 1. The fourth-order valence-corrected chi connectivity index (χ4v) is 3.89. The van der Waals surface area contributed by atoms with E-state index in [1.165, 1.54) is 0 Å². The van der Waals surface area contributed by atoms with Gasteiger partial charge in [-0.05, 0) is 30.2 Å². The van der Waals surface area contributed by atoms with Gasteiger partial charge in [0.1, 0.15) is 12.1 Å². The van der Waals surface area contributed by atoms with Gasteiger partial charge < -0.3 is 15.0 Å². The van der Waals surface area contributed by atoms with E-state index in [1.807, 2.05) is 30.3 Å². The van der Waals surface area contributed by atoms with Gasteiger partial charge in [0.15, 0.2) is 0 Å². The molecule has 0 spiro atoms. The summed E-state index contributed by atoms with van der Waals surface area (Å²) in [6, 6.07) is 9.43. The molecule has 0 radical (unpaired) electrons. The summed E-state index contributed by atoms with van der Waals surface area (Å²) >= 11 is 0. The molecule has 136 valence electrons. The lowest BCUT2D eigenvalue weighted by Gasteiger charge is -2.32. The Morgan fingerprint density at radius 1 is 1.32 bits per heavy atom. The average Bonchev–Trinajstić information content (AvgIpc) is 3.03. The predicted octanol–water partition coefficient (Wildman–Crippen LogP) is 2.01. The Balaban J connectivity index is 1.82. The van der Waals surface area contributed by atoms with Gasteiger partial charge >= 0.3 is 0 Å². The summed E-state index contributed by atoms with van der Waals surface area (Å²) in [6.45, 7) is 6.11. The third-order valence-corrected chi connectivity index (χ3v) is 5.35. The Morgan fingerprint density at radius 3 is 2.80 bits per heavy atom. The first kappa shape index (κ1) is 17.9. The fourth-order valence-electron chi connectivity index (χ4n) is 3.89. The quantitative estimate of drug-likeness (QED) is 0.909. The second-order valence-electron chi connectivity index (χ2n) is 7.37. The topological polar surface area (TPSA) is 58.6 Å². The lowest BCUT2D eigenvalue weighted by Crippen LogP contribution is -2.52. The normalized spacial score (nSPS) is 27.2. The number of rotatable bonds is 4. The summed E-state index contributed by atoms with van der Waals surface area (Å²) in [6.07, 6.45) is 1.82. The molecular formula is C20H28N2O3. The van der Waals surface area contributed by atoms with Crippen LogP contribution in [0.5, 0.6) is 0 Å². The smallest absolute Gasteiger partial charge is 0.252 e. The number of benzene rings is 1. The van der Waals surface area contributed by atoms with Gasteiger partial charge in [0, 0.05) is 26.1 Å². The lowest BCUT2D eigenvalue weighted by atomic mass is 9.88. The Hall–Kier alpha value is -1.88. The van der Waals surface area contributed by atoms with Crippen molar-refractivity contribution >= 4 is 11.8 Å². The molecule has 2 aliphatic heterocycles. The van der Waals surface area contributed by atoms with Crippen LogP contribution in [0, 0.1) is 11.8 Å². The molecule has 3 rings (SSSR count). The number of hydrogen-bond acceptors (Lipinski definition) is 3. The molecule has 1 aromatic rings. The molecule has 5 nitrogen and oxygen atoms in total. The molecule has 2 heterocycles. The van der Waals surface area contributed by atoms with Crippen molar-refractivity contribution in [2.24, 2.45) is 11.8 Å². The Labute approximate surface area is 149 Å². The van der Waals surface area contributed by atoms with Crippen molar-refractivity contribution in [3.05, 3.63) is 35.9 Å². The molecule has 2 amide bonds. The molecule has 1 unspecified atom stereocenters. The maximum atomic E-state index is 13.2. The molecule has 3 atom stereocenters. The highest BCUT2D eigenvalue weighted by Gasteiger charge is 2.42. The minimum atomic E-state index is -0.464. The number of amides is 2. The second-order valence-corrected chi connectivity index (χ2v) is 7.37. The summed E-state index contributed by atoms with van der Waals surface area (Å²) in [5.74, 6) is 0.545. The second kappa shape index (κ2) is 8.00. The van der Waals surface area contributed by atoms with Gasteiger partial charge in [0.05, 0.1) is 0 Å². The van der Waals surface area contributed by atoms with Gasteiger partial charge in [-0.3, -0.25) is 9.59 Å². The number of ether oxygens (including phenoxy) is 1. The third kappa shape index (κ3) is 4.03. The highest BCUT2D eigenvalue weighted by molar-refractivity contribution is 5.90. The van der Waals surface area contributed by atoms with Crippen LogP contribution >= 0.6 is 0 Å². The Morgan fingerprint density at radius 2 is 2.08 bits per heavy atom. The van der Waals surface area contributed by atoms with Gasteiger partial charge in [-0.25, -0.2) is 0 Å². The molecule has 25 heavy (non-hydrogen) atoms. The van der Waals surface area contributed by atoms with Crippen molar-refractivity contribution in [2.45, 2.75) is 45.3 Å². The van der Waals surface area contributed by atoms with Crippen molar-refractivity contribution in [1.29, 1.82) is 0 Å². The lowest BCUT2D eigenvalue weighted by molar-refractivity contribution is -0.149. The summed E-state index contributed by atoms with van der Waals surface area (Å²) in [4.78, 5) is 27.6. The van der Waals surface area contributed by atoms with Crippen molar-refractivity contribution < 1.29 is 14.3 Å². The Bertz CT molecular complexity index is 602. The molecule has 0 bridgehead atoms. The van der Waals surface area contributed by atoms with E-state index >= 15 is 0 Å². The van der Waals surface area contributed by atoms with E-state index in [2.05, 4.69) is 19.2 Å². The highest BCUT2D eigenvalue weighted by atomic mass is 16.5. The van der Waals surface area contributed by atoms with Crippen LogP contribution in [0.15, 0.2) is 30.3 Å². The van der Waals surface area contributed by atoms with Crippen molar-refractivity contribution in [3.63, 3.8) is 0 Å². The largest absolute Gasteiger partial charge is 0.368 e. The maximum Gasteiger partial charge on any atom is 0.252 e. The van der Waals surface area contributed by atoms with Crippen LogP contribution in [-0.2, 0) is 20.7 Å². The van der Waals surface area contributed by atoms with Crippen molar-refractivity contribution in [3.8, 4) is 0 Å². The van der Waals surface area contributed by atoms with Crippen LogP contribution in [0.1, 0.15) is 32.3 Å². The zero-order chi connectivity index (χ0) is 17.8. The van der Waals surface area contributed by atoms with Crippen LogP contribution in [0.3, 0.4) is 0 Å². The molecule has 0 aromatic heterocycles. The fraction of sp³-hybridized carbons (Fsp3) is 0.600.